The van der Waals surface area contributed by atoms with E-state index in [4.69, 9.17) is 30.8 Å². The minimum atomic E-state index is -0.355. The molecular formula is C30H30ClN7O5. The van der Waals surface area contributed by atoms with E-state index in [0.29, 0.717) is 49.4 Å². The van der Waals surface area contributed by atoms with Crippen LogP contribution in [0.1, 0.15) is 17.5 Å². The van der Waals surface area contributed by atoms with E-state index in [-0.39, 0.29) is 42.6 Å². The number of hydrogen-bond acceptors (Lipinski definition) is 9. The number of benzene rings is 2. The Morgan fingerprint density at radius 1 is 1.05 bits per heavy atom. The van der Waals surface area contributed by atoms with E-state index in [0.717, 1.165) is 16.9 Å². The van der Waals surface area contributed by atoms with E-state index < -0.39 is 0 Å². The van der Waals surface area contributed by atoms with Gasteiger partial charge in [0.25, 0.3) is 0 Å². The maximum absolute atomic E-state index is 13.4. The Morgan fingerprint density at radius 3 is 2.65 bits per heavy atom. The third-order valence-electron chi connectivity index (χ3n) is 7.40. The molecule has 0 spiro atoms. The summed E-state index contributed by atoms with van der Waals surface area (Å²) in [6, 6.07) is 14.4. The molecule has 4 aromatic rings. The van der Waals surface area contributed by atoms with Gasteiger partial charge in [-0.15, -0.1) is 0 Å². The first-order valence-corrected chi connectivity index (χ1v) is 14.2. The fourth-order valence-electron chi connectivity index (χ4n) is 5.16. The van der Waals surface area contributed by atoms with Crippen molar-refractivity contribution in [2.45, 2.75) is 25.4 Å². The summed E-state index contributed by atoms with van der Waals surface area (Å²) in [5.74, 6) is 2.80. The van der Waals surface area contributed by atoms with Crippen molar-refractivity contribution in [2.75, 3.05) is 38.4 Å². The quantitative estimate of drug-likeness (QED) is 0.288. The first-order chi connectivity index (χ1) is 20.9. The van der Waals surface area contributed by atoms with Crippen molar-refractivity contribution in [2.24, 2.45) is 0 Å². The van der Waals surface area contributed by atoms with Crippen LogP contribution in [0, 0.1) is 0 Å². The first kappa shape index (κ1) is 28.3. The lowest BCUT2D eigenvalue weighted by atomic mass is 10.1. The van der Waals surface area contributed by atoms with Gasteiger partial charge in [0.2, 0.25) is 24.6 Å². The molecule has 1 atom stereocenters. The second kappa shape index (κ2) is 12.6. The van der Waals surface area contributed by atoms with Crippen LogP contribution in [0.3, 0.4) is 0 Å². The summed E-state index contributed by atoms with van der Waals surface area (Å²) < 4.78 is 17.7. The molecule has 222 valence electrons. The van der Waals surface area contributed by atoms with Crippen LogP contribution in [0.4, 0.5) is 5.82 Å². The number of aromatic nitrogens is 4. The van der Waals surface area contributed by atoms with E-state index in [2.05, 4.69) is 15.3 Å². The van der Waals surface area contributed by atoms with Crippen molar-refractivity contribution in [3.05, 3.63) is 83.5 Å². The lowest BCUT2D eigenvalue weighted by molar-refractivity contribution is -0.132. The fourth-order valence-corrected chi connectivity index (χ4v) is 5.33. The van der Waals surface area contributed by atoms with Crippen molar-refractivity contribution in [1.29, 1.82) is 0 Å². The normalized spacial score (nSPS) is 15.8. The summed E-state index contributed by atoms with van der Waals surface area (Å²) in [6.07, 6.45) is 5.30. The number of carbonyl (C=O) groups excluding carboxylic acids is 2. The number of amides is 2. The van der Waals surface area contributed by atoms with Gasteiger partial charge in [-0.3, -0.25) is 14.2 Å². The highest BCUT2D eigenvalue weighted by atomic mass is 35.5. The van der Waals surface area contributed by atoms with Crippen LogP contribution < -0.4 is 24.4 Å². The summed E-state index contributed by atoms with van der Waals surface area (Å²) in [5.41, 5.74) is 1.78. The molecule has 2 amide bonds. The molecule has 0 radical (unpaired) electrons. The van der Waals surface area contributed by atoms with Crippen molar-refractivity contribution in [3.63, 3.8) is 0 Å². The van der Waals surface area contributed by atoms with E-state index in [1.807, 2.05) is 47.4 Å². The number of piperazine rings is 1. The lowest BCUT2D eigenvalue weighted by Crippen LogP contribution is -2.56. The van der Waals surface area contributed by atoms with Crippen molar-refractivity contribution in [1.82, 2.24) is 29.7 Å². The van der Waals surface area contributed by atoms with E-state index in [1.54, 1.807) is 41.4 Å². The van der Waals surface area contributed by atoms with Crippen LogP contribution in [-0.4, -0.2) is 75.8 Å². The van der Waals surface area contributed by atoms with Gasteiger partial charge in [0.15, 0.2) is 11.5 Å². The number of halogens is 1. The van der Waals surface area contributed by atoms with Crippen molar-refractivity contribution < 1.29 is 23.8 Å². The highest BCUT2D eigenvalue weighted by molar-refractivity contribution is 6.29. The number of ether oxygens (including phenoxy) is 3. The number of imidazole rings is 1. The Kier molecular flexibility index (Phi) is 8.27. The summed E-state index contributed by atoms with van der Waals surface area (Å²) in [6.45, 7) is 1.79. The molecule has 2 aromatic carbocycles. The second-order valence-electron chi connectivity index (χ2n) is 10.2. The predicted octanol–water partition coefficient (Wildman–Crippen LogP) is 3.02. The molecule has 13 heteroatoms. The SMILES string of the molecule is COc1ccc(CNC(=O)CC2CN(C(=O)Cc3ccc4c(c3)OCO4)CCN2c2cc(Cl)nc(-n3ccnc3)n2)cc1. The molecule has 1 fully saturated rings. The van der Waals surface area contributed by atoms with Crippen LogP contribution in [0.15, 0.2) is 67.3 Å². The Hall–Kier alpha value is -4.84. The number of hydrogen-bond donors (Lipinski definition) is 1. The van der Waals surface area contributed by atoms with Gasteiger partial charge in [0.1, 0.15) is 23.0 Å². The number of nitrogens with one attached hydrogen (secondary N) is 1. The largest absolute Gasteiger partial charge is 0.497 e. The van der Waals surface area contributed by atoms with Gasteiger partial charge in [0, 0.05) is 51.1 Å². The van der Waals surface area contributed by atoms with Crippen LogP contribution in [0.2, 0.25) is 5.15 Å². The van der Waals surface area contributed by atoms with Crippen molar-refractivity contribution >= 4 is 29.2 Å². The average molecular weight is 604 g/mol. The Bertz CT molecular complexity index is 1600. The maximum atomic E-state index is 13.4. The predicted molar refractivity (Wildman–Crippen MR) is 158 cm³/mol. The third-order valence-corrected chi connectivity index (χ3v) is 7.59. The first-order valence-electron chi connectivity index (χ1n) is 13.8. The zero-order valence-corrected chi connectivity index (χ0v) is 24.2. The summed E-state index contributed by atoms with van der Waals surface area (Å²) in [7, 11) is 1.61. The Balaban J connectivity index is 1.19. The number of methoxy groups -OCH3 is 1. The topological polar surface area (TPSA) is 124 Å². The Labute approximate surface area is 253 Å². The smallest absolute Gasteiger partial charge is 0.238 e. The Morgan fingerprint density at radius 2 is 1.86 bits per heavy atom. The van der Waals surface area contributed by atoms with Gasteiger partial charge in [-0.05, 0) is 35.4 Å². The lowest BCUT2D eigenvalue weighted by Gasteiger charge is -2.42. The number of carbonyl (C=O) groups is 2. The number of nitrogens with zero attached hydrogens (tertiary/aromatic N) is 6. The molecule has 0 bridgehead atoms. The summed E-state index contributed by atoms with van der Waals surface area (Å²) in [4.78, 5) is 43.6. The van der Waals surface area contributed by atoms with Gasteiger partial charge >= 0.3 is 0 Å². The van der Waals surface area contributed by atoms with Crippen LogP contribution in [0.25, 0.3) is 5.95 Å². The molecule has 12 nitrogen and oxygen atoms in total. The van der Waals surface area contributed by atoms with Crippen LogP contribution >= 0.6 is 11.6 Å². The third kappa shape index (κ3) is 6.64. The monoisotopic (exact) mass is 603 g/mol. The molecule has 0 aliphatic carbocycles. The fraction of sp³-hybridized carbons (Fsp3) is 0.300. The zero-order valence-electron chi connectivity index (χ0n) is 23.5. The summed E-state index contributed by atoms with van der Waals surface area (Å²) >= 11 is 6.40. The molecule has 6 rings (SSSR count). The minimum Gasteiger partial charge on any atom is -0.497 e. The standard InChI is InChI=1S/C30H30ClN7O5/c1-41-23-5-2-20(3-6-23)16-33-28(39)14-22-17-36(29(40)13-21-4-7-24-25(12-21)43-19-42-24)10-11-38(22)27-15-26(31)34-30(35-27)37-9-8-32-18-37/h2-9,12,15,18,22H,10-11,13-14,16-17,19H2,1H3,(H,33,39). The van der Waals surface area contributed by atoms with Gasteiger partial charge in [-0.25, -0.2) is 9.97 Å². The molecule has 43 heavy (non-hydrogen) atoms. The average Bonchev–Trinajstić information content (AvgIpc) is 3.73. The van der Waals surface area contributed by atoms with Gasteiger partial charge in [-0.1, -0.05) is 29.8 Å². The highest BCUT2D eigenvalue weighted by Crippen LogP contribution is 2.33. The molecule has 2 aromatic heterocycles. The molecule has 1 unspecified atom stereocenters. The zero-order chi connectivity index (χ0) is 29.8. The molecule has 4 heterocycles. The van der Waals surface area contributed by atoms with Crippen LogP contribution in [-0.2, 0) is 22.6 Å². The molecule has 2 aliphatic heterocycles. The summed E-state index contributed by atoms with van der Waals surface area (Å²) in [5, 5.41) is 3.26. The highest BCUT2D eigenvalue weighted by Gasteiger charge is 2.32. The van der Waals surface area contributed by atoms with Gasteiger partial charge in [0.05, 0.1) is 19.6 Å². The minimum absolute atomic E-state index is 0.0398. The number of rotatable bonds is 9. The second-order valence-corrected chi connectivity index (χ2v) is 10.6. The molecule has 2 aliphatic rings. The molecule has 1 N–H and O–H groups in total. The van der Waals surface area contributed by atoms with E-state index in [9.17, 15) is 9.59 Å². The number of anilines is 1. The van der Waals surface area contributed by atoms with Crippen LogP contribution in [0.5, 0.6) is 17.2 Å². The number of fused-ring (bicyclic) bond motifs is 1. The molecule has 0 saturated carbocycles. The van der Waals surface area contributed by atoms with E-state index in [1.165, 1.54) is 0 Å². The van der Waals surface area contributed by atoms with Gasteiger partial charge in [-0.2, -0.15) is 4.98 Å². The maximum Gasteiger partial charge on any atom is 0.238 e. The molecule has 1 saturated heterocycles. The van der Waals surface area contributed by atoms with Gasteiger partial charge < -0.3 is 29.3 Å². The molecular weight excluding hydrogens is 574 g/mol. The van der Waals surface area contributed by atoms with E-state index >= 15 is 0 Å². The van der Waals surface area contributed by atoms with Crippen molar-refractivity contribution in [3.8, 4) is 23.2 Å².